The van der Waals surface area contributed by atoms with Gasteiger partial charge in [-0.05, 0) is 54.3 Å². The van der Waals surface area contributed by atoms with Gasteiger partial charge in [0.05, 0.1) is 4.90 Å². The predicted molar refractivity (Wildman–Crippen MR) is 83.0 cm³/mol. The Kier molecular flexibility index (Phi) is 4.65. The Hall–Kier alpha value is -1.85. The van der Waals surface area contributed by atoms with E-state index in [0.29, 0.717) is 17.4 Å². The van der Waals surface area contributed by atoms with Crippen molar-refractivity contribution in [3.8, 4) is 11.5 Å². The van der Waals surface area contributed by atoms with Crippen LogP contribution in [0.4, 0.5) is 0 Å². The highest BCUT2D eigenvalue weighted by Crippen LogP contribution is 2.25. The zero-order chi connectivity index (χ0) is 15.5. The first-order chi connectivity index (χ1) is 9.90. The van der Waals surface area contributed by atoms with Crippen LogP contribution in [-0.2, 0) is 10.0 Å². The van der Waals surface area contributed by atoms with Crippen LogP contribution < -0.4 is 9.88 Å². The van der Waals surface area contributed by atoms with Gasteiger partial charge in [-0.15, -0.1) is 0 Å². The first kappa shape index (κ1) is 15.5. The number of rotatable bonds is 5. The summed E-state index contributed by atoms with van der Waals surface area (Å²) in [5.74, 6) is 1.80. The Morgan fingerprint density at radius 1 is 1.00 bits per heavy atom. The molecule has 2 rings (SSSR count). The maximum Gasteiger partial charge on any atom is 0.238 e. The van der Waals surface area contributed by atoms with Gasteiger partial charge in [0.15, 0.2) is 0 Å². The molecule has 0 aliphatic carbocycles. The standard InChI is InChI=1S/C16H19NO3S/c1-3-12(2)13-4-6-14(7-5-13)20-15-8-10-16(11-9-15)21(17,18)19/h4-12H,3H2,1-2H3,(H2,17,18,19). The van der Waals surface area contributed by atoms with E-state index in [0.717, 1.165) is 6.42 Å². The Labute approximate surface area is 125 Å². The van der Waals surface area contributed by atoms with E-state index < -0.39 is 10.0 Å². The molecule has 0 bridgehead atoms. The van der Waals surface area contributed by atoms with Gasteiger partial charge in [0.2, 0.25) is 10.0 Å². The predicted octanol–water partition coefficient (Wildman–Crippen LogP) is 3.64. The second-order valence-corrected chi connectivity index (χ2v) is 6.56. The lowest BCUT2D eigenvalue weighted by atomic mass is 9.99. The molecule has 112 valence electrons. The largest absolute Gasteiger partial charge is 0.457 e. The number of nitrogens with two attached hydrogens (primary N) is 1. The van der Waals surface area contributed by atoms with Crippen LogP contribution in [0.15, 0.2) is 53.4 Å². The average molecular weight is 305 g/mol. The fourth-order valence-corrected chi connectivity index (χ4v) is 2.45. The minimum absolute atomic E-state index is 0.0713. The van der Waals surface area contributed by atoms with Crippen LogP contribution in [0.3, 0.4) is 0 Å². The Bertz CT molecular complexity index is 691. The second-order valence-electron chi connectivity index (χ2n) is 5.00. The molecule has 4 nitrogen and oxygen atoms in total. The summed E-state index contributed by atoms with van der Waals surface area (Å²) < 4.78 is 28.0. The molecule has 1 unspecified atom stereocenters. The van der Waals surface area contributed by atoms with Gasteiger partial charge in [-0.2, -0.15) is 0 Å². The number of ether oxygens (including phenoxy) is 1. The summed E-state index contributed by atoms with van der Waals surface area (Å²) in [6.07, 6.45) is 1.09. The van der Waals surface area contributed by atoms with Crippen molar-refractivity contribution in [2.24, 2.45) is 5.14 Å². The summed E-state index contributed by atoms with van der Waals surface area (Å²) >= 11 is 0. The van der Waals surface area contributed by atoms with Gasteiger partial charge in [0, 0.05) is 0 Å². The van der Waals surface area contributed by atoms with Crippen LogP contribution >= 0.6 is 0 Å². The van der Waals surface area contributed by atoms with Crippen LogP contribution in [0.5, 0.6) is 11.5 Å². The second kappa shape index (κ2) is 6.28. The van der Waals surface area contributed by atoms with E-state index in [-0.39, 0.29) is 4.90 Å². The Morgan fingerprint density at radius 3 is 1.90 bits per heavy atom. The molecule has 0 saturated carbocycles. The first-order valence-corrected chi connectivity index (χ1v) is 8.35. The van der Waals surface area contributed by atoms with Gasteiger partial charge < -0.3 is 4.74 Å². The van der Waals surface area contributed by atoms with Crippen LogP contribution in [0, 0.1) is 0 Å². The van der Waals surface area contributed by atoms with Gasteiger partial charge in [0.1, 0.15) is 11.5 Å². The highest BCUT2D eigenvalue weighted by atomic mass is 32.2. The van der Waals surface area contributed by atoms with Gasteiger partial charge in [-0.25, -0.2) is 13.6 Å². The SMILES string of the molecule is CCC(C)c1ccc(Oc2ccc(S(N)(=O)=O)cc2)cc1. The lowest BCUT2D eigenvalue weighted by molar-refractivity contribution is 0.481. The monoisotopic (exact) mass is 305 g/mol. The number of hydrogen-bond acceptors (Lipinski definition) is 3. The highest BCUT2D eigenvalue weighted by Gasteiger charge is 2.08. The molecule has 0 radical (unpaired) electrons. The summed E-state index contributed by atoms with van der Waals surface area (Å²) in [7, 11) is -3.67. The molecule has 2 N–H and O–H groups in total. The van der Waals surface area contributed by atoms with Crippen LogP contribution in [0.25, 0.3) is 0 Å². The number of benzene rings is 2. The molecule has 0 aliphatic rings. The van der Waals surface area contributed by atoms with Crippen molar-refractivity contribution in [2.45, 2.75) is 31.1 Å². The summed E-state index contributed by atoms with van der Waals surface area (Å²) in [5.41, 5.74) is 1.27. The van der Waals surface area contributed by atoms with Crippen molar-refractivity contribution < 1.29 is 13.2 Å². The van der Waals surface area contributed by atoms with E-state index in [2.05, 4.69) is 13.8 Å². The zero-order valence-electron chi connectivity index (χ0n) is 12.1. The topological polar surface area (TPSA) is 69.4 Å². The molecular weight excluding hydrogens is 286 g/mol. The molecule has 0 aliphatic heterocycles. The lowest BCUT2D eigenvalue weighted by Crippen LogP contribution is -2.11. The molecule has 2 aromatic carbocycles. The van der Waals surface area contributed by atoms with Crippen molar-refractivity contribution in [3.05, 3.63) is 54.1 Å². The molecule has 5 heteroatoms. The molecule has 0 amide bonds. The summed E-state index contributed by atoms with van der Waals surface area (Å²) in [6, 6.07) is 13.9. The van der Waals surface area contributed by atoms with Crippen LogP contribution in [0.1, 0.15) is 31.7 Å². The van der Waals surface area contributed by atoms with Crippen molar-refractivity contribution in [1.82, 2.24) is 0 Å². The molecular formula is C16H19NO3S. The van der Waals surface area contributed by atoms with Gasteiger partial charge in [0.25, 0.3) is 0 Å². The third-order valence-electron chi connectivity index (χ3n) is 3.45. The van der Waals surface area contributed by atoms with E-state index in [1.54, 1.807) is 12.1 Å². The molecule has 0 heterocycles. The van der Waals surface area contributed by atoms with E-state index >= 15 is 0 Å². The smallest absolute Gasteiger partial charge is 0.238 e. The van der Waals surface area contributed by atoms with Gasteiger partial charge in [-0.1, -0.05) is 26.0 Å². The Balaban J connectivity index is 2.11. The van der Waals surface area contributed by atoms with Crippen molar-refractivity contribution >= 4 is 10.0 Å². The van der Waals surface area contributed by atoms with Crippen molar-refractivity contribution in [1.29, 1.82) is 0 Å². The number of primary sulfonamides is 1. The zero-order valence-corrected chi connectivity index (χ0v) is 12.9. The molecule has 0 aromatic heterocycles. The minimum atomic E-state index is -3.67. The van der Waals surface area contributed by atoms with Crippen LogP contribution in [0.2, 0.25) is 0 Å². The molecule has 2 aromatic rings. The number of sulfonamides is 1. The first-order valence-electron chi connectivity index (χ1n) is 6.81. The van der Waals surface area contributed by atoms with Gasteiger partial charge in [-0.3, -0.25) is 0 Å². The van der Waals surface area contributed by atoms with E-state index in [9.17, 15) is 8.42 Å². The summed E-state index contributed by atoms with van der Waals surface area (Å²) in [5, 5.41) is 5.05. The van der Waals surface area contributed by atoms with E-state index in [1.165, 1.54) is 17.7 Å². The average Bonchev–Trinajstić information content (AvgIpc) is 2.47. The minimum Gasteiger partial charge on any atom is -0.457 e. The highest BCUT2D eigenvalue weighted by molar-refractivity contribution is 7.89. The van der Waals surface area contributed by atoms with Gasteiger partial charge >= 0.3 is 0 Å². The maximum absolute atomic E-state index is 11.2. The van der Waals surface area contributed by atoms with Crippen LogP contribution in [-0.4, -0.2) is 8.42 Å². The van der Waals surface area contributed by atoms with E-state index in [1.807, 2.05) is 24.3 Å². The Morgan fingerprint density at radius 2 is 1.48 bits per heavy atom. The molecule has 0 saturated heterocycles. The fraction of sp³-hybridized carbons (Fsp3) is 0.250. The summed E-state index contributed by atoms with van der Waals surface area (Å²) in [4.78, 5) is 0.0713. The maximum atomic E-state index is 11.2. The third-order valence-corrected chi connectivity index (χ3v) is 4.38. The molecule has 0 spiro atoms. The molecule has 21 heavy (non-hydrogen) atoms. The number of hydrogen-bond donors (Lipinski definition) is 1. The van der Waals surface area contributed by atoms with E-state index in [4.69, 9.17) is 9.88 Å². The van der Waals surface area contributed by atoms with Crippen molar-refractivity contribution in [3.63, 3.8) is 0 Å². The van der Waals surface area contributed by atoms with Crippen molar-refractivity contribution in [2.75, 3.05) is 0 Å². The molecule has 1 atom stereocenters. The third kappa shape index (κ3) is 4.06. The summed E-state index contributed by atoms with van der Waals surface area (Å²) in [6.45, 7) is 4.34. The molecule has 0 fully saturated rings. The lowest BCUT2D eigenvalue weighted by Gasteiger charge is -2.10. The normalized spacial score (nSPS) is 12.9. The quantitative estimate of drug-likeness (QED) is 0.917. The fourth-order valence-electron chi connectivity index (χ4n) is 1.93.